The monoisotopic (exact) mass is 428 g/mol. The molecule has 0 bridgehead atoms. The SMILES string of the molecule is COP(=O)(OC)OP1(OC)(OC)OC(c2ccccc2)=C(c2ccccc2)O1. The van der Waals surface area contributed by atoms with Crippen LogP contribution in [-0.4, -0.2) is 28.4 Å². The fourth-order valence-corrected chi connectivity index (χ4v) is 6.82. The summed E-state index contributed by atoms with van der Waals surface area (Å²) in [5, 5.41) is 0. The molecule has 0 saturated heterocycles. The molecule has 0 atom stereocenters. The van der Waals surface area contributed by atoms with E-state index in [0.29, 0.717) is 22.6 Å². The summed E-state index contributed by atoms with van der Waals surface area (Å²) in [6, 6.07) is 18.4. The van der Waals surface area contributed by atoms with Crippen LogP contribution in [0.2, 0.25) is 0 Å². The molecule has 1 aliphatic rings. The topological polar surface area (TPSA) is 81.7 Å². The summed E-state index contributed by atoms with van der Waals surface area (Å²) < 4.78 is 51.3. The van der Waals surface area contributed by atoms with Gasteiger partial charge in [-0.3, -0.25) is 0 Å². The van der Waals surface area contributed by atoms with E-state index in [1.54, 1.807) is 0 Å². The molecule has 3 rings (SSSR count). The molecule has 0 spiro atoms. The molecule has 0 N–H and O–H groups in total. The molecule has 8 nitrogen and oxygen atoms in total. The first-order valence-corrected chi connectivity index (χ1v) is 11.5. The van der Waals surface area contributed by atoms with Crippen LogP contribution in [0.25, 0.3) is 11.5 Å². The van der Waals surface area contributed by atoms with Crippen molar-refractivity contribution in [2.75, 3.05) is 28.4 Å². The van der Waals surface area contributed by atoms with Crippen molar-refractivity contribution in [3.8, 4) is 0 Å². The van der Waals surface area contributed by atoms with E-state index in [-0.39, 0.29) is 0 Å². The predicted molar refractivity (Wildman–Crippen MR) is 106 cm³/mol. The van der Waals surface area contributed by atoms with Crippen molar-refractivity contribution < 1.29 is 36.0 Å². The fraction of sp³-hybridized carbons (Fsp3) is 0.222. The van der Waals surface area contributed by atoms with Gasteiger partial charge >= 0.3 is 163 Å². The van der Waals surface area contributed by atoms with E-state index < -0.39 is 15.6 Å². The molecule has 0 radical (unpaired) electrons. The molecule has 1 aliphatic heterocycles. The van der Waals surface area contributed by atoms with Gasteiger partial charge in [0, 0.05) is 0 Å². The number of rotatable bonds is 8. The number of hydrogen-bond donors (Lipinski definition) is 0. The standard InChI is InChI=1S/C18H22O8P2/c1-20-27(19,21-2)26-28(22-3,23-4)24-17(15-11-7-5-8-12-15)18(25-28)16-13-9-6-10-14-16/h5-14H,1-4H3. The predicted octanol–water partition coefficient (Wildman–Crippen LogP) is 5.40. The average Bonchev–Trinajstić information content (AvgIpc) is 3.12. The first-order valence-electron chi connectivity index (χ1n) is 8.26. The van der Waals surface area contributed by atoms with Crippen LogP contribution in [0.15, 0.2) is 60.7 Å². The third-order valence-electron chi connectivity index (χ3n) is 4.04. The summed E-state index contributed by atoms with van der Waals surface area (Å²) in [4.78, 5) is 0. The van der Waals surface area contributed by atoms with Gasteiger partial charge in [0.15, 0.2) is 0 Å². The van der Waals surface area contributed by atoms with Gasteiger partial charge in [-0.1, -0.05) is 0 Å². The minimum absolute atomic E-state index is 0.312. The molecule has 10 heteroatoms. The molecule has 0 amide bonds. The first-order chi connectivity index (χ1) is 13.4. The van der Waals surface area contributed by atoms with Crippen molar-refractivity contribution in [3.63, 3.8) is 0 Å². The summed E-state index contributed by atoms with van der Waals surface area (Å²) in [5.74, 6) is 0.624. The Hall–Kier alpha value is -1.76. The van der Waals surface area contributed by atoms with E-state index in [1.165, 1.54) is 28.4 Å². The van der Waals surface area contributed by atoms with Crippen molar-refractivity contribution in [2.24, 2.45) is 0 Å². The molecule has 0 saturated carbocycles. The van der Waals surface area contributed by atoms with Crippen molar-refractivity contribution in [2.45, 2.75) is 0 Å². The van der Waals surface area contributed by atoms with Gasteiger partial charge < -0.3 is 0 Å². The van der Waals surface area contributed by atoms with E-state index >= 15 is 0 Å². The van der Waals surface area contributed by atoms with E-state index in [1.807, 2.05) is 60.7 Å². The third kappa shape index (κ3) is 3.73. The quantitative estimate of drug-likeness (QED) is 0.517. The van der Waals surface area contributed by atoms with Gasteiger partial charge in [0.2, 0.25) is 0 Å². The molecule has 0 aliphatic carbocycles. The van der Waals surface area contributed by atoms with Crippen LogP contribution in [-0.2, 0) is 36.0 Å². The number of phosphoric acid groups is 1. The Bertz CT molecular complexity index is 833. The van der Waals surface area contributed by atoms with Crippen LogP contribution in [0.1, 0.15) is 11.1 Å². The van der Waals surface area contributed by atoms with Crippen LogP contribution >= 0.6 is 15.6 Å². The van der Waals surface area contributed by atoms with Crippen molar-refractivity contribution in [3.05, 3.63) is 71.8 Å². The van der Waals surface area contributed by atoms with Gasteiger partial charge in [0.25, 0.3) is 0 Å². The van der Waals surface area contributed by atoms with E-state index in [0.717, 1.165) is 0 Å². The summed E-state index contributed by atoms with van der Waals surface area (Å²) in [6.07, 6.45) is 0. The van der Waals surface area contributed by atoms with Crippen LogP contribution in [0.4, 0.5) is 0 Å². The Morgan fingerprint density at radius 2 is 1.11 bits per heavy atom. The van der Waals surface area contributed by atoms with Crippen molar-refractivity contribution >= 4 is 27.1 Å². The molecule has 152 valence electrons. The van der Waals surface area contributed by atoms with Crippen molar-refractivity contribution in [1.82, 2.24) is 0 Å². The van der Waals surface area contributed by atoms with Crippen LogP contribution in [0.5, 0.6) is 0 Å². The maximum atomic E-state index is 12.7. The van der Waals surface area contributed by atoms with E-state index in [2.05, 4.69) is 0 Å². The zero-order chi connectivity index (χ0) is 20.3. The molecule has 0 fully saturated rings. The summed E-state index contributed by atoms with van der Waals surface area (Å²) >= 11 is 0. The molecular weight excluding hydrogens is 406 g/mol. The van der Waals surface area contributed by atoms with Gasteiger partial charge in [0.1, 0.15) is 0 Å². The molecule has 1 heterocycles. The van der Waals surface area contributed by atoms with Gasteiger partial charge in [-0.15, -0.1) is 0 Å². The normalized spacial score (nSPS) is 19.4. The Balaban J connectivity index is 2.16. The Kier molecular flexibility index (Phi) is 5.94. The van der Waals surface area contributed by atoms with E-state index in [4.69, 9.17) is 31.5 Å². The Morgan fingerprint density at radius 1 is 0.714 bits per heavy atom. The maximum absolute atomic E-state index is 12.7. The average molecular weight is 428 g/mol. The third-order valence-corrected chi connectivity index (χ3v) is 8.95. The van der Waals surface area contributed by atoms with E-state index in [9.17, 15) is 4.57 Å². The van der Waals surface area contributed by atoms with Gasteiger partial charge in [0.05, 0.1) is 0 Å². The zero-order valence-electron chi connectivity index (χ0n) is 15.9. The first kappa shape index (κ1) is 21.0. The Morgan fingerprint density at radius 3 is 1.43 bits per heavy atom. The molecule has 28 heavy (non-hydrogen) atoms. The minimum atomic E-state index is -4.88. The van der Waals surface area contributed by atoms with Gasteiger partial charge in [-0.2, -0.15) is 0 Å². The van der Waals surface area contributed by atoms with Crippen LogP contribution in [0, 0.1) is 0 Å². The van der Waals surface area contributed by atoms with Gasteiger partial charge in [-0.05, 0) is 0 Å². The molecule has 0 aromatic heterocycles. The molecular formula is C18H22O8P2. The second kappa shape index (κ2) is 7.93. The fourth-order valence-electron chi connectivity index (χ4n) is 2.57. The second-order valence-electron chi connectivity index (χ2n) is 5.58. The molecule has 0 unspecified atom stereocenters. The summed E-state index contributed by atoms with van der Waals surface area (Å²) in [6.45, 7) is 0. The molecule has 2 aromatic rings. The van der Waals surface area contributed by atoms with Crippen LogP contribution < -0.4 is 0 Å². The number of benzene rings is 2. The number of hydrogen-bond acceptors (Lipinski definition) is 8. The number of phosphoric ester groups is 1. The van der Waals surface area contributed by atoms with Crippen molar-refractivity contribution in [1.29, 1.82) is 0 Å². The zero-order valence-corrected chi connectivity index (χ0v) is 17.7. The van der Waals surface area contributed by atoms with Gasteiger partial charge in [-0.25, -0.2) is 0 Å². The molecule has 2 aromatic carbocycles. The summed E-state index contributed by atoms with van der Waals surface area (Å²) in [7, 11) is -4.10. The second-order valence-corrected chi connectivity index (χ2v) is 10.4. The summed E-state index contributed by atoms with van der Waals surface area (Å²) in [5.41, 5.74) is 1.38. The van der Waals surface area contributed by atoms with Crippen LogP contribution in [0.3, 0.4) is 0 Å². The Labute approximate surface area is 163 Å².